The number of nitrogens with two attached hydrogens (primary N) is 2. The molecule has 1 saturated heterocycles. The van der Waals surface area contributed by atoms with E-state index in [0.29, 0.717) is 28.4 Å². The van der Waals surface area contributed by atoms with E-state index in [2.05, 4.69) is 5.32 Å². The predicted molar refractivity (Wildman–Crippen MR) is 73.6 cm³/mol. The van der Waals surface area contributed by atoms with Crippen molar-refractivity contribution in [2.75, 3.05) is 23.0 Å². The summed E-state index contributed by atoms with van der Waals surface area (Å²) in [7, 11) is -0.719. The van der Waals surface area contributed by atoms with Crippen molar-refractivity contribution in [2.45, 2.75) is 18.9 Å². The van der Waals surface area contributed by atoms with Crippen molar-refractivity contribution < 1.29 is 9.00 Å². The average molecular weight is 267 g/mol. The third-order valence-electron chi connectivity index (χ3n) is 2.96. The van der Waals surface area contributed by atoms with Gasteiger partial charge in [-0.3, -0.25) is 9.00 Å². The van der Waals surface area contributed by atoms with E-state index in [4.69, 9.17) is 11.5 Å². The molecule has 2 rings (SSSR count). The van der Waals surface area contributed by atoms with Crippen LogP contribution >= 0.6 is 0 Å². The molecule has 18 heavy (non-hydrogen) atoms. The highest BCUT2D eigenvalue weighted by Crippen LogP contribution is 2.15. The minimum Gasteiger partial charge on any atom is -0.399 e. The van der Waals surface area contributed by atoms with Crippen LogP contribution in [-0.2, 0) is 10.8 Å². The van der Waals surface area contributed by atoms with E-state index in [-0.39, 0.29) is 11.9 Å². The molecule has 0 atom stereocenters. The van der Waals surface area contributed by atoms with E-state index in [9.17, 15) is 9.00 Å². The molecule has 1 aromatic rings. The van der Waals surface area contributed by atoms with Gasteiger partial charge >= 0.3 is 0 Å². The predicted octanol–water partition coefficient (Wildman–Crippen LogP) is 0.492. The summed E-state index contributed by atoms with van der Waals surface area (Å²) < 4.78 is 11.2. The van der Waals surface area contributed by atoms with Gasteiger partial charge in [-0.2, -0.15) is 0 Å². The third kappa shape index (κ3) is 3.22. The van der Waals surface area contributed by atoms with Crippen molar-refractivity contribution in [3.05, 3.63) is 23.8 Å². The summed E-state index contributed by atoms with van der Waals surface area (Å²) in [5.41, 5.74) is 12.7. The number of amides is 1. The van der Waals surface area contributed by atoms with Crippen LogP contribution in [0.2, 0.25) is 0 Å². The molecule has 6 heteroatoms. The van der Waals surface area contributed by atoms with Crippen molar-refractivity contribution >= 4 is 28.1 Å². The zero-order valence-corrected chi connectivity index (χ0v) is 10.8. The fourth-order valence-corrected chi connectivity index (χ4v) is 3.31. The van der Waals surface area contributed by atoms with Crippen LogP contribution in [0.4, 0.5) is 11.4 Å². The second kappa shape index (κ2) is 5.39. The lowest BCUT2D eigenvalue weighted by Crippen LogP contribution is -2.39. The van der Waals surface area contributed by atoms with Gasteiger partial charge in [0.2, 0.25) is 0 Å². The summed E-state index contributed by atoms with van der Waals surface area (Å²) in [6, 6.07) is 4.91. The Balaban J connectivity index is 2.01. The Hall–Kier alpha value is -1.56. The zero-order chi connectivity index (χ0) is 13.1. The molecule has 1 heterocycles. The summed E-state index contributed by atoms with van der Waals surface area (Å²) in [4.78, 5) is 12.0. The highest BCUT2D eigenvalue weighted by Gasteiger charge is 2.20. The molecule has 0 aliphatic carbocycles. The van der Waals surface area contributed by atoms with Gasteiger partial charge in [-0.25, -0.2) is 0 Å². The number of nitrogens with one attached hydrogen (secondary N) is 1. The first kappa shape index (κ1) is 12.9. The summed E-state index contributed by atoms with van der Waals surface area (Å²) in [6.07, 6.45) is 1.52. The molecular formula is C12H17N3O2S. The third-order valence-corrected chi connectivity index (χ3v) is 4.35. The maximum Gasteiger partial charge on any atom is 0.251 e. The first-order chi connectivity index (χ1) is 8.54. The summed E-state index contributed by atoms with van der Waals surface area (Å²) in [6.45, 7) is 0. The van der Waals surface area contributed by atoms with Gasteiger partial charge in [0.15, 0.2) is 0 Å². The normalized spacial score (nSPS) is 23.6. The lowest BCUT2D eigenvalue weighted by molar-refractivity contribution is 0.0934. The topological polar surface area (TPSA) is 98.2 Å². The minimum atomic E-state index is -0.719. The number of anilines is 2. The van der Waals surface area contributed by atoms with Crippen molar-refractivity contribution in [3.8, 4) is 0 Å². The van der Waals surface area contributed by atoms with Gasteiger partial charge in [0, 0.05) is 45.3 Å². The number of hydrogen-bond acceptors (Lipinski definition) is 4. The van der Waals surface area contributed by atoms with Crippen LogP contribution in [0.3, 0.4) is 0 Å². The van der Waals surface area contributed by atoms with Crippen LogP contribution in [-0.4, -0.2) is 27.7 Å². The Labute approximate surface area is 108 Å². The van der Waals surface area contributed by atoms with Gasteiger partial charge < -0.3 is 16.8 Å². The van der Waals surface area contributed by atoms with Gasteiger partial charge in [0.05, 0.1) is 0 Å². The highest BCUT2D eigenvalue weighted by atomic mass is 32.2. The van der Waals surface area contributed by atoms with Gasteiger partial charge in [-0.05, 0) is 31.0 Å². The SMILES string of the molecule is Nc1cc(N)cc(C(=O)NC2CCS(=O)CC2)c1. The Morgan fingerprint density at radius 3 is 2.28 bits per heavy atom. The lowest BCUT2D eigenvalue weighted by atomic mass is 10.1. The van der Waals surface area contributed by atoms with E-state index in [1.165, 1.54) is 0 Å². The Morgan fingerprint density at radius 1 is 1.17 bits per heavy atom. The quantitative estimate of drug-likeness (QED) is 0.679. The summed E-state index contributed by atoms with van der Waals surface area (Å²) in [5.74, 6) is 1.14. The molecule has 0 unspecified atom stereocenters. The molecule has 5 nitrogen and oxygen atoms in total. The molecule has 1 fully saturated rings. The van der Waals surface area contributed by atoms with Crippen molar-refractivity contribution in [3.63, 3.8) is 0 Å². The molecule has 5 N–H and O–H groups in total. The fourth-order valence-electron chi connectivity index (χ4n) is 2.01. The molecule has 0 saturated carbocycles. The first-order valence-corrected chi connectivity index (χ1v) is 7.35. The van der Waals surface area contributed by atoms with Crippen LogP contribution in [0.15, 0.2) is 18.2 Å². The molecular weight excluding hydrogens is 250 g/mol. The summed E-state index contributed by atoms with van der Waals surface area (Å²) in [5, 5.41) is 2.93. The summed E-state index contributed by atoms with van der Waals surface area (Å²) >= 11 is 0. The van der Waals surface area contributed by atoms with Crippen LogP contribution < -0.4 is 16.8 Å². The van der Waals surface area contributed by atoms with E-state index >= 15 is 0 Å². The molecule has 1 aliphatic rings. The van der Waals surface area contributed by atoms with Crippen LogP contribution in [0.25, 0.3) is 0 Å². The molecule has 0 bridgehead atoms. The number of rotatable bonds is 2. The number of carbonyl (C=O) groups is 1. The zero-order valence-electron chi connectivity index (χ0n) is 10.0. The molecule has 0 radical (unpaired) electrons. The van der Waals surface area contributed by atoms with Crippen LogP contribution in [0.5, 0.6) is 0 Å². The average Bonchev–Trinajstić information content (AvgIpc) is 2.31. The van der Waals surface area contributed by atoms with Crippen molar-refractivity contribution in [2.24, 2.45) is 0 Å². The Kier molecular flexibility index (Phi) is 3.86. The van der Waals surface area contributed by atoms with Gasteiger partial charge in [-0.1, -0.05) is 0 Å². The van der Waals surface area contributed by atoms with Gasteiger partial charge in [0.1, 0.15) is 0 Å². The molecule has 1 aromatic carbocycles. The van der Waals surface area contributed by atoms with E-state index in [1.54, 1.807) is 18.2 Å². The van der Waals surface area contributed by atoms with Crippen LogP contribution in [0, 0.1) is 0 Å². The second-order valence-electron chi connectivity index (χ2n) is 4.48. The van der Waals surface area contributed by atoms with Gasteiger partial charge in [0.25, 0.3) is 5.91 Å². The number of benzene rings is 1. The monoisotopic (exact) mass is 267 g/mol. The maximum absolute atomic E-state index is 12.0. The maximum atomic E-state index is 12.0. The van der Waals surface area contributed by atoms with E-state index < -0.39 is 10.8 Å². The van der Waals surface area contributed by atoms with Crippen molar-refractivity contribution in [1.29, 1.82) is 0 Å². The number of hydrogen-bond donors (Lipinski definition) is 3. The molecule has 1 aliphatic heterocycles. The molecule has 98 valence electrons. The molecule has 1 amide bonds. The van der Waals surface area contributed by atoms with E-state index in [0.717, 1.165) is 12.8 Å². The number of carbonyl (C=O) groups excluding carboxylic acids is 1. The largest absolute Gasteiger partial charge is 0.399 e. The smallest absolute Gasteiger partial charge is 0.251 e. The Morgan fingerprint density at radius 2 is 1.72 bits per heavy atom. The van der Waals surface area contributed by atoms with Crippen molar-refractivity contribution in [1.82, 2.24) is 5.32 Å². The Bertz CT molecular complexity index is 460. The highest BCUT2D eigenvalue weighted by molar-refractivity contribution is 7.85. The van der Waals surface area contributed by atoms with E-state index in [1.807, 2.05) is 0 Å². The second-order valence-corrected chi connectivity index (χ2v) is 6.18. The first-order valence-electron chi connectivity index (χ1n) is 5.86. The minimum absolute atomic E-state index is 0.0952. The molecule has 0 aromatic heterocycles. The number of nitrogen functional groups attached to an aromatic ring is 2. The standard InChI is InChI=1S/C12H17N3O2S/c13-9-5-8(6-10(14)7-9)12(16)15-11-1-3-18(17)4-2-11/h5-7,11H,1-4,13-14H2,(H,15,16). The fraction of sp³-hybridized carbons (Fsp3) is 0.417. The van der Waals surface area contributed by atoms with Crippen LogP contribution in [0.1, 0.15) is 23.2 Å². The molecule has 0 spiro atoms. The lowest BCUT2D eigenvalue weighted by Gasteiger charge is -2.22. The van der Waals surface area contributed by atoms with Gasteiger partial charge in [-0.15, -0.1) is 0 Å².